The van der Waals surface area contributed by atoms with E-state index in [1.54, 1.807) is 25.1 Å². The molecule has 2 aromatic heterocycles. The summed E-state index contributed by atoms with van der Waals surface area (Å²) in [5, 5.41) is 11.1. The Morgan fingerprint density at radius 2 is 2.10 bits per heavy atom. The Morgan fingerprint density at radius 1 is 1.31 bits per heavy atom. The highest BCUT2D eigenvalue weighted by Gasteiger charge is 2.15. The van der Waals surface area contributed by atoms with Crippen molar-refractivity contribution in [2.75, 3.05) is 5.32 Å². The first-order valence-corrected chi connectivity index (χ1v) is 10.5. The zero-order valence-electron chi connectivity index (χ0n) is 15.0. The molecule has 2 heterocycles. The van der Waals surface area contributed by atoms with Crippen LogP contribution in [-0.4, -0.2) is 22.1 Å². The molecular weight excluding hydrogens is 438 g/mol. The molecule has 0 aliphatic carbocycles. The monoisotopic (exact) mass is 451 g/mol. The molecular formula is C18H14ClN3O5S2. The molecule has 3 aromatic rings. The quantitative estimate of drug-likeness (QED) is 0.326. The number of anilines is 1. The fourth-order valence-corrected chi connectivity index (χ4v) is 3.90. The van der Waals surface area contributed by atoms with Gasteiger partial charge in [0.1, 0.15) is 12.0 Å². The number of ether oxygens (including phenoxy) is 1. The molecule has 3 rings (SSSR count). The van der Waals surface area contributed by atoms with Crippen LogP contribution in [0, 0.1) is 0 Å². The molecule has 0 spiro atoms. The number of thioether (sulfide) groups is 1. The van der Waals surface area contributed by atoms with Gasteiger partial charge in [-0.2, -0.15) is 0 Å². The van der Waals surface area contributed by atoms with Gasteiger partial charge in [-0.3, -0.25) is 9.59 Å². The van der Waals surface area contributed by atoms with E-state index in [2.05, 4.69) is 15.5 Å². The van der Waals surface area contributed by atoms with Crippen molar-refractivity contribution >= 4 is 51.7 Å². The predicted octanol–water partition coefficient (Wildman–Crippen LogP) is 4.00. The van der Waals surface area contributed by atoms with Crippen LogP contribution in [0.2, 0.25) is 5.02 Å². The molecule has 29 heavy (non-hydrogen) atoms. The topological polar surface area (TPSA) is 111 Å². The maximum absolute atomic E-state index is 12.2. The van der Waals surface area contributed by atoms with Crippen molar-refractivity contribution in [3.8, 4) is 5.75 Å². The Balaban J connectivity index is 1.61. The van der Waals surface area contributed by atoms with E-state index in [0.29, 0.717) is 27.4 Å². The van der Waals surface area contributed by atoms with Crippen LogP contribution < -0.4 is 15.5 Å². The number of amides is 1. The van der Waals surface area contributed by atoms with Gasteiger partial charge in [0.05, 0.1) is 16.3 Å². The minimum absolute atomic E-state index is 0.148. The highest BCUT2D eigenvalue weighted by atomic mass is 35.5. The first-order valence-electron chi connectivity index (χ1n) is 8.31. The molecule has 0 fully saturated rings. The minimum atomic E-state index is -0.749. The number of nitrogens with zero attached hydrogens (tertiary/aromatic N) is 2. The van der Waals surface area contributed by atoms with Crippen molar-refractivity contribution in [3.63, 3.8) is 0 Å². The summed E-state index contributed by atoms with van der Waals surface area (Å²) in [6, 6.07) is 7.60. The molecule has 1 aromatic carbocycles. The van der Waals surface area contributed by atoms with Crippen molar-refractivity contribution in [3.05, 3.63) is 63.2 Å². The molecule has 0 bridgehead atoms. The smallest absolute Gasteiger partial charge is 0.345 e. The van der Waals surface area contributed by atoms with E-state index in [1.165, 1.54) is 35.2 Å². The van der Waals surface area contributed by atoms with Gasteiger partial charge in [0.25, 0.3) is 0 Å². The summed E-state index contributed by atoms with van der Waals surface area (Å²) in [6.45, 7) is 1.74. The highest BCUT2D eigenvalue weighted by molar-refractivity contribution is 8.00. The molecule has 8 nitrogen and oxygen atoms in total. The summed E-state index contributed by atoms with van der Waals surface area (Å²) in [4.78, 5) is 35.7. The molecule has 0 aliphatic rings. The molecule has 1 N–H and O–H groups in total. The summed E-state index contributed by atoms with van der Waals surface area (Å²) in [5.74, 6) is -0.452. The number of rotatable bonds is 7. The lowest BCUT2D eigenvalue weighted by Crippen LogP contribution is -2.15. The largest absolute Gasteiger partial charge is 0.464 e. The van der Waals surface area contributed by atoms with Gasteiger partial charge in [-0.1, -0.05) is 53.8 Å². The first-order chi connectivity index (χ1) is 14.0. The van der Waals surface area contributed by atoms with Gasteiger partial charge in [0.15, 0.2) is 4.34 Å². The number of aromatic nitrogens is 2. The van der Waals surface area contributed by atoms with Gasteiger partial charge in [0, 0.05) is 12.5 Å². The normalized spacial score (nSPS) is 10.6. The van der Waals surface area contributed by atoms with Crippen LogP contribution in [0.3, 0.4) is 0 Å². The van der Waals surface area contributed by atoms with Gasteiger partial charge in [0.2, 0.25) is 22.2 Å². The number of hydrogen-bond acceptors (Lipinski definition) is 9. The van der Waals surface area contributed by atoms with Crippen molar-refractivity contribution in [1.82, 2.24) is 10.2 Å². The molecule has 0 unspecified atom stereocenters. The maximum atomic E-state index is 12.2. The van der Waals surface area contributed by atoms with E-state index < -0.39 is 11.4 Å². The van der Waals surface area contributed by atoms with E-state index in [4.69, 9.17) is 20.8 Å². The van der Waals surface area contributed by atoms with Crippen LogP contribution in [-0.2, 0) is 10.5 Å². The van der Waals surface area contributed by atoms with Gasteiger partial charge in [-0.15, -0.1) is 10.2 Å². The summed E-state index contributed by atoms with van der Waals surface area (Å²) < 4.78 is 11.1. The number of carbonyl (C=O) groups excluding carboxylic acids is 2. The van der Waals surface area contributed by atoms with E-state index in [9.17, 15) is 14.4 Å². The number of hydrogen-bond donors (Lipinski definition) is 1. The third kappa shape index (κ3) is 5.66. The molecule has 0 atom stereocenters. The first kappa shape index (κ1) is 21.0. The van der Waals surface area contributed by atoms with Crippen LogP contribution >= 0.6 is 34.7 Å². The lowest BCUT2D eigenvalue weighted by atomic mass is 10.2. The van der Waals surface area contributed by atoms with Crippen LogP contribution in [0.25, 0.3) is 0 Å². The highest BCUT2D eigenvalue weighted by Crippen LogP contribution is 2.28. The van der Waals surface area contributed by atoms with Crippen molar-refractivity contribution in [1.29, 1.82) is 0 Å². The van der Waals surface area contributed by atoms with E-state index in [-0.39, 0.29) is 22.2 Å². The fourth-order valence-electron chi connectivity index (χ4n) is 2.03. The SMILES string of the molecule is CCC(=O)Nc1nnc(SCc2cc(=O)c(OC(=O)c3ccccc3Cl)co2)s1. The Kier molecular flexibility index (Phi) is 7.02. The second kappa shape index (κ2) is 9.68. The van der Waals surface area contributed by atoms with Crippen LogP contribution in [0.4, 0.5) is 5.13 Å². The Labute approximate surface area is 178 Å². The summed E-state index contributed by atoms with van der Waals surface area (Å²) in [7, 11) is 0. The Bertz CT molecular complexity index is 1100. The fraction of sp³-hybridized carbons (Fsp3) is 0.167. The lowest BCUT2D eigenvalue weighted by molar-refractivity contribution is -0.115. The summed E-state index contributed by atoms with van der Waals surface area (Å²) in [5.41, 5.74) is -0.351. The van der Waals surface area contributed by atoms with Crippen LogP contribution in [0.1, 0.15) is 29.5 Å². The average molecular weight is 452 g/mol. The molecule has 1 amide bonds. The number of carbonyl (C=O) groups is 2. The lowest BCUT2D eigenvalue weighted by Gasteiger charge is -2.05. The second-order valence-corrected chi connectivity index (χ2v) is 8.11. The van der Waals surface area contributed by atoms with Gasteiger partial charge in [-0.25, -0.2) is 4.79 Å². The summed E-state index contributed by atoms with van der Waals surface area (Å²) in [6.07, 6.45) is 1.43. The molecule has 0 saturated heterocycles. The summed E-state index contributed by atoms with van der Waals surface area (Å²) >= 11 is 8.46. The molecule has 150 valence electrons. The van der Waals surface area contributed by atoms with Crippen molar-refractivity contribution in [2.24, 2.45) is 0 Å². The Hall–Kier alpha value is -2.69. The number of halogens is 1. The predicted molar refractivity (Wildman–Crippen MR) is 110 cm³/mol. The van der Waals surface area contributed by atoms with Gasteiger partial charge in [-0.05, 0) is 12.1 Å². The van der Waals surface area contributed by atoms with Gasteiger partial charge >= 0.3 is 5.97 Å². The van der Waals surface area contributed by atoms with Crippen molar-refractivity contribution in [2.45, 2.75) is 23.4 Å². The molecule has 0 aliphatic heterocycles. The van der Waals surface area contributed by atoms with E-state index >= 15 is 0 Å². The zero-order chi connectivity index (χ0) is 20.8. The van der Waals surface area contributed by atoms with Crippen molar-refractivity contribution < 1.29 is 18.7 Å². The maximum Gasteiger partial charge on any atom is 0.345 e. The molecule has 11 heteroatoms. The standard InChI is InChI=1S/C18H14ClN3O5S2/c1-2-15(24)20-17-21-22-18(29-17)28-9-10-7-13(23)14(8-26-10)27-16(25)11-5-3-4-6-12(11)19/h3-8H,2,9H2,1H3,(H,20,21,24). The van der Waals surface area contributed by atoms with Crippen LogP contribution in [0.5, 0.6) is 5.75 Å². The third-order valence-corrected chi connectivity index (χ3v) is 5.78. The van der Waals surface area contributed by atoms with Gasteiger partial charge < -0.3 is 14.5 Å². The van der Waals surface area contributed by atoms with E-state index in [0.717, 1.165) is 6.26 Å². The molecule has 0 saturated carbocycles. The number of benzene rings is 1. The van der Waals surface area contributed by atoms with Crippen LogP contribution in [0.15, 0.2) is 50.1 Å². The second-order valence-electron chi connectivity index (χ2n) is 5.51. The van der Waals surface area contributed by atoms with E-state index in [1.807, 2.05) is 0 Å². The average Bonchev–Trinajstić information content (AvgIpc) is 3.15. The molecule has 0 radical (unpaired) electrons. The zero-order valence-corrected chi connectivity index (χ0v) is 17.4. The minimum Gasteiger partial charge on any atom is -0.464 e. The number of esters is 1. The third-order valence-electron chi connectivity index (χ3n) is 3.46. The Morgan fingerprint density at radius 3 is 2.83 bits per heavy atom. The number of nitrogens with one attached hydrogen (secondary N) is 1.